The maximum Gasteiger partial charge on any atom is 0.338 e. The number of aromatic nitrogens is 1. The summed E-state index contributed by atoms with van der Waals surface area (Å²) < 4.78 is 19.9. The van der Waals surface area contributed by atoms with Gasteiger partial charge in [-0.05, 0) is 48.9 Å². The van der Waals surface area contributed by atoms with Crippen molar-refractivity contribution in [2.45, 2.75) is 13.0 Å². The fourth-order valence-corrected chi connectivity index (χ4v) is 6.28. The molecule has 5 aromatic rings. The zero-order valence-electron chi connectivity index (χ0n) is 22.7. The van der Waals surface area contributed by atoms with Crippen LogP contribution in [0.2, 0.25) is 0 Å². The van der Waals surface area contributed by atoms with Crippen molar-refractivity contribution in [3.05, 3.63) is 138 Å². The van der Waals surface area contributed by atoms with E-state index >= 15 is 0 Å². The van der Waals surface area contributed by atoms with E-state index in [1.165, 1.54) is 11.3 Å². The Morgan fingerprint density at radius 1 is 1.02 bits per heavy atom. The molecule has 7 nitrogen and oxygen atoms in total. The molecule has 210 valence electrons. The Balaban J connectivity index is 1.56. The van der Waals surface area contributed by atoms with E-state index in [0.717, 1.165) is 21.2 Å². The molecule has 2 aromatic heterocycles. The van der Waals surface area contributed by atoms with Gasteiger partial charge in [-0.25, -0.2) is 9.79 Å². The van der Waals surface area contributed by atoms with Crippen LogP contribution in [0.5, 0.6) is 5.75 Å². The van der Waals surface area contributed by atoms with Crippen LogP contribution in [0.1, 0.15) is 29.9 Å². The molecule has 1 aliphatic rings. The van der Waals surface area contributed by atoms with Crippen molar-refractivity contribution in [2.75, 3.05) is 13.7 Å². The number of carbonyl (C=O) groups is 1. The van der Waals surface area contributed by atoms with Crippen LogP contribution in [0, 0.1) is 0 Å². The largest absolute Gasteiger partial charge is 0.497 e. The number of benzene rings is 3. The van der Waals surface area contributed by atoms with Crippen molar-refractivity contribution >= 4 is 45.0 Å². The first kappa shape index (κ1) is 27.7. The summed E-state index contributed by atoms with van der Waals surface area (Å²) in [5.74, 6) is 1.35. The van der Waals surface area contributed by atoms with Crippen molar-refractivity contribution in [3.8, 4) is 17.1 Å². The monoisotopic (exact) mass is 640 g/mol. The Morgan fingerprint density at radius 2 is 1.79 bits per heavy atom. The van der Waals surface area contributed by atoms with E-state index in [9.17, 15) is 9.59 Å². The molecule has 0 bridgehead atoms. The van der Waals surface area contributed by atoms with Gasteiger partial charge in [0.25, 0.3) is 5.56 Å². The van der Waals surface area contributed by atoms with Crippen LogP contribution >= 0.6 is 27.3 Å². The third-order valence-electron chi connectivity index (χ3n) is 6.81. The standard InChI is InChI=1S/C33H25BrN2O5S/c1-3-40-32(38)28-29(20-8-5-4-6-9-20)35-33-36(30(28)21-12-14-24(39-2)15-13-21)31(37)27(42-33)19-25-16-17-26(41-25)22-10-7-11-23(34)18-22/h4-19,30H,3H2,1-2H3/b27-19-/t30-/m0/s1. The van der Waals surface area contributed by atoms with Crippen LogP contribution in [0.25, 0.3) is 23.1 Å². The van der Waals surface area contributed by atoms with Crippen molar-refractivity contribution in [1.29, 1.82) is 0 Å². The topological polar surface area (TPSA) is 83.0 Å². The summed E-state index contributed by atoms with van der Waals surface area (Å²) in [7, 11) is 1.59. The van der Waals surface area contributed by atoms with Crippen LogP contribution in [0.15, 0.2) is 115 Å². The highest BCUT2D eigenvalue weighted by molar-refractivity contribution is 9.10. The molecule has 9 heteroatoms. The number of carbonyl (C=O) groups excluding carboxylic acids is 1. The highest BCUT2D eigenvalue weighted by atomic mass is 79.9. The smallest absolute Gasteiger partial charge is 0.338 e. The Bertz CT molecular complexity index is 1990. The van der Waals surface area contributed by atoms with Gasteiger partial charge >= 0.3 is 5.97 Å². The van der Waals surface area contributed by atoms with Gasteiger partial charge in [-0.3, -0.25) is 9.36 Å². The van der Waals surface area contributed by atoms with Crippen molar-refractivity contribution in [1.82, 2.24) is 4.57 Å². The Hall–Kier alpha value is -4.47. The molecular formula is C33H25BrN2O5S. The maximum absolute atomic E-state index is 14.1. The molecule has 0 aliphatic carbocycles. The first-order valence-electron chi connectivity index (χ1n) is 13.2. The second-order valence-electron chi connectivity index (χ2n) is 9.42. The molecule has 0 amide bonds. The minimum atomic E-state index is -0.766. The number of furan rings is 1. The lowest BCUT2D eigenvalue weighted by Gasteiger charge is -2.26. The first-order valence-corrected chi connectivity index (χ1v) is 14.9. The summed E-state index contributed by atoms with van der Waals surface area (Å²) in [6.45, 7) is 1.94. The van der Waals surface area contributed by atoms with Gasteiger partial charge in [0.1, 0.15) is 17.3 Å². The highest BCUT2D eigenvalue weighted by Gasteiger charge is 2.35. The molecular weight excluding hydrogens is 616 g/mol. The quantitative estimate of drug-likeness (QED) is 0.205. The van der Waals surface area contributed by atoms with Gasteiger partial charge in [-0.2, -0.15) is 0 Å². The minimum absolute atomic E-state index is 0.184. The van der Waals surface area contributed by atoms with Crippen LogP contribution in [0.4, 0.5) is 0 Å². The molecule has 0 saturated carbocycles. The van der Waals surface area contributed by atoms with Crippen LogP contribution in [0.3, 0.4) is 0 Å². The van der Waals surface area contributed by atoms with Gasteiger partial charge < -0.3 is 13.9 Å². The molecule has 0 unspecified atom stereocenters. The van der Waals surface area contributed by atoms with E-state index in [4.69, 9.17) is 18.9 Å². The minimum Gasteiger partial charge on any atom is -0.497 e. The summed E-state index contributed by atoms with van der Waals surface area (Å²) in [5, 5.41) is 0. The summed E-state index contributed by atoms with van der Waals surface area (Å²) in [6, 6.07) is 27.5. The third kappa shape index (κ3) is 5.29. The molecule has 6 rings (SSSR count). The Labute approximate surface area is 253 Å². The molecule has 0 N–H and O–H groups in total. The number of rotatable bonds is 7. The molecule has 1 aliphatic heterocycles. The zero-order chi connectivity index (χ0) is 29.2. The predicted molar refractivity (Wildman–Crippen MR) is 166 cm³/mol. The van der Waals surface area contributed by atoms with Gasteiger partial charge in [0.2, 0.25) is 0 Å². The van der Waals surface area contributed by atoms with Gasteiger partial charge in [-0.15, -0.1) is 0 Å². The van der Waals surface area contributed by atoms with Crippen molar-refractivity contribution in [3.63, 3.8) is 0 Å². The van der Waals surface area contributed by atoms with E-state index in [0.29, 0.717) is 37.9 Å². The summed E-state index contributed by atoms with van der Waals surface area (Å²) in [4.78, 5) is 33.0. The normalized spacial score (nSPS) is 14.8. The van der Waals surface area contributed by atoms with Crippen LogP contribution in [-0.2, 0) is 9.53 Å². The molecule has 42 heavy (non-hydrogen) atoms. The lowest BCUT2D eigenvalue weighted by molar-refractivity contribution is -0.138. The van der Waals surface area contributed by atoms with Crippen molar-refractivity contribution in [2.24, 2.45) is 4.99 Å². The predicted octanol–water partition coefficient (Wildman–Crippen LogP) is 5.97. The highest BCUT2D eigenvalue weighted by Crippen LogP contribution is 2.35. The Kier molecular flexibility index (Phi) is 7.78. The van der Waals surface area contributed by atoms with Gasteiger partial charge in [0.05, 0.1) is 35.6 Å². The van der Waals surface area contributed by atoms with E-state index in [1.807, 2.05) is 91.0 Å². The Morgan fingerprint density at radius 3 is 2.50 bits per heavy atom. The van der Waals surface area contributed by atoms with Gasteiger partial charge in [0.15, 0.2) is 4.80 Å². The molecule has 3 aromatic carbocycles. The van der Waals surface area contributed by atoms with Crippen molar-refractivity contribution < 1.29 is 18.7 Å². The number of fused-ring (bicyclic) bond motifs is 1. The van der Waals surface area contributed by atoms with Crippen LogP contribution < -0.4 is 19.6 Å². The second-order valence-corrected chi connectivity index (χ2v) is 11.3. The first-order chi connectivity index (χ1) is 20.5. The summed E-state index contributed by atoms with van der Waals surface area (Å²) in [6.07, 6.45) is 1.71. The molecule has 0 fully saturated rings. The fourth-order valence-electron chi connectivity index (χ4n) is 4.90. The molecule has 0 spiro atoms. The number of hydrogen-bond acceptors (Lipinski definition) is 7. The molecule has 3 heterocycles. The maximum atomic E-state index is 14.1. The van der Waals surface area contributed by atoms with E-state index in [-0.39, 0.29) is 12.2 Å². The molecule has 1 atom stereocenters. The number of ether oxygens (including phenoxy) is 2. The summed E-state index contributed by atoms with van der Waals surface area (Å²) in [5.41, 5.74) is 2.87. The zero-order valence-corrected chi connectivity index (χ0v) is 25.1. The number of hydrogen-bond donors (Lipinski definition) is 0. The lowest BCUT2D eigenvalue weighted by atomic mass is 9.93. The lowest BCUT2D eigenvalue weighted by Crippen LogP contribution is -2.40. The number of thiazole rings is 1. The fraction of sp³-hybridized carbons (Fsp3) is 0.121. The summed E-state index contributed by atoms with van der Waals surface area (Å²) >= 11 is 4.74. The molecule has 0 radical (unpaired) electrons. The van der Waals surface area contributed by atoms with E-state index in [2.05, 4.69) is 15.9 Å². The average Bonchev–Trinajstić information content (AvgIpc) is 3.61. The number of esters is 1. The number of methoxy groups -OCH3 is 1. The average molecular weight is 642 g/mol. The van der Waals surface area contributed by atoms with Gasteiger partial charge in [-0.1, -0.05) is 81.9 Å². The third-order valence-corrected chi connectivity index (χ3v) is 8.29. The SMILES string of the molecule is CCOC(=O)C1=C(c2ccccc2)N=c2s/c(=C\c3ccc(-c4cccc(Br)c4)o3)c(=O)n2[C@H]1c1ccc(OC)cc1. The van der Waals surface area contributed by atoms with E-state index < -0.39 is 12.0 Å². The van der Waals surface area contributed by atoms with Gasteiger partial charge in [0, 0.05) is 21.7 Å². The number of nitrogens with zero attached hydrogens (tertiary/aromatic N) is 2. The molecule has 0 saturated heterocycles. The van der Waals surface area contributed by atoms with Crippen LogP contribution in [-0.4, -0.2) is 24.3 Å². The number of halogens is 1. The van der Waals surface area contributed by atoms with E-state index in [1.54, 1.807) is 24.7 Å². The second kappa shape index (κ2) is 11.8.